The smallest absolute Gasteiger partial charge is 0.237 e. The van der Waals surface area contributed by atoms with Gasteiger partial charge in [-0.3, -0.25) is 14.7 Å². The van der Waals surface area contributed by atoms with Crippen LogP contribution in [0.25, 0.3) is 0 Å². The van der Waals surface area contributed by atoms with Crippen molar-refractivity contribution in [2.45, 2.75) is 6.04 Å². The van der Waals surface area contributed by atoms with Crippen LogP contribution in [-0.4, -0.2) is 52.8 Å². The molecule has 1 aromatic heterocycles. The molecular formula is C13H15ClN4O. The van der Waals surface area contributed by atoms with Crippen molar-refractivity contribution in [2.24, 2.45) is 0 Å². The molecule has 0 unspecified atom stereocenters. The van der Waals surface area contributed by atoms with E-state index in [1.807, 2.05) is 12.1 Å². The predicted octanol–water partition coefficient (Wildman–Crippen LogP) is 1.03. The van der Waals surface area contributed by atoms with Crippen molar-refractivity contribution in [1.29, 1.82) is 5.26 Å². The molecule has 0 radical (unpaired) electrons. The molecule has 0 saturated carbocycles. The first kappa shape index (κ1) is 13.8. The molecule has 1 aliphatic heterocycles. The van der Waals surface area contributed by atoms with E-state index in [1.54, 1.807) is 17.3 Å². The van der Waals surface area contributed by atoms with Gasteiger partial charge < -0.3 is 4.90 Å². The number of nitriles is 1. The fourth-order valence-corrected chi connectivity index (χ4v) is 2.39. The van der Waals surface area contributed by atoms with Crippen molar-refractivity contribution in [2.75, 3.05) is 32.1 Å². The monoisotopic (exact) mass is 278 g/mol. The normalized spacial score (nSPS) is 17.8. The third kappa shape index (κ3) is 3.22. The van der Waals surface area contributed by atoms with Crippen LogP contribution in [0.3, 0.4) is 0 Å². The van der Waals surface area contributed by atoms with Gasteiger partial charge in [-0.25, -0.2) is 0 Å². The summed E-state index contributed by atoms with van der Waals surface area (Å²) in [6.07, 6.45) is 3.40. The molecule has 100 valence electrons. The summed E-state index contributed by atoms with van der Waals surface area (Å²) in [5.74, 6) is -0.0270. The molecule has 0 N–H and O–H groups in total. The fourth-order valence-electron chi connectivity index (χ4n) is 2.22. The topological polar surface area (TPSA) is 60.2 Å². The number of carbonyl (C=O) groups is 1. The number of hydrogen-bond donors (Lipinski definition) is 0. The minimum absolute atomic E-state index is 0.0181. The molecule has 1 aromatic rings. The maximum atomic E-state index is 11.5. The third-order valence-corrected chi connectivity index (χ3v) is 3.50. The van der Waals surface area contributed by atoms with Crippen molar-refractivity contribution >= 4 is 17.5 Å². The van der Waals surface area contributed by atoms with Gasteiger partial charge >= 0.3 is 0 Å². The van der Waals surface area contributed by atoms with Gasteiger partial charge in [0.2, 0.25) is 5.91 Å². The molecular weight excluding hydrogens is 264 g/mol. The Bertz CT molecular complexity index is 465. The summed E-state index contributed by atoms with van der Waals surface area (Å²) in [5.41, 5.74) is 0.891. The van der Waals surface area contributed by atoms with Crippen LogP contribution < -0.4 is 0 Å². The standard InChI is InChI=1S/C13H15ClN4O/c14-8-13(19)18-6-4-17(5-7-18)12(9-15)11-2-1-3-16-10-11/h1-3,10,12H,4-8H2/t12-/m1/s1. The summed E-state index contributed by atoms with van der Waals surface area (Å²) in [7, 11) is 0. The van der Waals surface area contributed by atoms with Crippen LogP contribution in [0.5, 0.6) is 0 Å². The average Bonchev–Trinajstić information content (AvgIpc) is 2.49. The fraction of sp³-hybridized carbons (Fsp3) is 0.462. The second-order valence-electron chi connectivity index (χ2n) is 4.37. The van der Waals surface area contributed by atoms with Gasteiger partial charge in [0.05, 0.1) is 6.07 Å². The van der Waals surface area contributed by atoms with Gasteiger partial charge in [-0.2, -0.15) is 5.26 Å². The maximum absolute atomic E-state index is 11.5. The molecule has 1 atom stereocenters. The van der Waals surface area contributed by atoms with Gasteiger partial charge in [-0.05, 0) is 6.07 Å². The SMILES string of the molecule is N#C[C@H](c1cccnc1)N1CCN(C(=O)CCl)CC1. The number of halogens is 1. The van der Waals surface area contributed by atoms with Gasteiger partial charge in [0, 0.05) is 44.1 Å². The van der Waals surface area contributed by atoms with E-state index in [2.05, 4.69) is 16.0 Å². The Morgan fingerprint density at radius 1 is 1.47 bits per heavy atom. The molecule has 0 spiro atoms. The van der Waals surface area contributed by atoms with Gasteiger partial charge in [-0.15, -0.1) is 11.6 Å². The highest BCUT2D eigenvalue weighted by Crippen LogP contribution is 2.20. The highest BCUT2D eigenvalue weighted by molar-refractivity contribution is 6.27. The number of rotatable bonds is 3. The molecule has 0 bridgehead atoms. The number of alkyl halides is 1. The summed E-state index contributed by atoms with van der Waals surface area (Å²) >= 11 is 5.54. The number of pyridine rings is 1. The lowest BCUT2D eigenvalue weighted by Crippen LogP contribution is -2.49. The van der Waals surface area contributed by atoms with Gasteiger partial charge in [0.15, 0.2) is 0 Å². The van der Waals surface area contributed by atoms with E-state index < -0.39 is 0 Å². The van der Waals surface area contributed by atoms with E-state index in [0.29, 0.717) is 26.2 Å². The Morgan fingerprint density at radius 3 is 2.74 bits per heavy atom. The Balaban J connectivity index is 2.00. The molecule has 2 rings (SSSR count). The maximum Gasteiger partial charge on any atom is 0.237 e. The van der Waals surface area contributed by atoms with Crippen LogP contribution in [0, 0.1) is 11.3 Å². The number of amides is 1. The minimum atomic E-state index is -0.304. The summed E-state index contributed by atoms with van der Waals surface area (Å²) in [5, 5.41) is 9.33. The van der Waals surface area contributed by atoms with E-state index in [4.69, 9.17) is 11.6 Å². The lowest BCUT2D eigenvalue weighted by molar-refractivity contribution is -0.130. The van der Waals surface area contributed by atoms with Gasteiger partial charge in [0.1, 0.15) is 11.9 Å². The summed E-state index contributed by atoms with van der Waals surface area (Å²) < 4.78 is 0. The number of carbonyl (C=O) groups excluding carboxylic acids is 1. The van der Waals surface area contributed by atoms with Crippen molar-refractivity contribution in [1.82, 2.24) is 14.8 Å². The highest BCUT2D eigenvalue weighted by atomic mass is 35.5. The zero-order chi connectivity index (χ0) is 13.7. The molecule has 1 fully saturated rings. The van der Waals surface area contributed by atoms with Crippen molar-refractivity contribution in [3.05, 3.63) is 30.1 Å². The Morgan fingerprint density at radius 2 is 2.21 bits per heavy atom. The van der Waals surface area contributed by atoms with Crippen LogP contribution >= 0.6 is 11.6 Å². The molecule has 0 aliphatic carbocycles. The Kier molecular flexibility index (Phi) is 4.72. The third-order valence-electron chi connectivity index (χ3n) is 3.27. The summed E-state index contributed by atoms with van der Waals surface area (Å²) in [6, 6.07) is 5.73. The van der Waals surface area contributed by atoms with Gasteiger partial charge in [0.25, 0.3) is 0 Å². The van der Waals surface area contributed by atoms with E-state index in [1.165, 1.54) is 0 Å². The number of aromatic nitrogens is 1. The molecule has 5 nitrogen and oxygen atoms in total. The molecule has 19 heavy (non-hydrogen) atoms. The first-order valence-electron chi connectivity index (χ1n) is 6.13. The summed E-state index contributed by atoms with van der Waals surface area (Å²) in [4.78, 5) is 19.3. The van der Waals surface area contributed by atoms with E-state index in [-0.39, 0.29) is 17.8 Å². The first-order chi connectivity index (χ1) is 9.26. The average molecular weight is 279 g/mol. The highest BCUT2D eigenvalue weighted by Gasteiger charge is 2.26. The first-order valence-corrected chi connectivity index (χ1v) is 6.67. The predicted molar refractivity (Wildman–Crippen MR) is 71.5 cm³/mol. The van der Waals surface area contributed by atoms with Crippen LogP contribution in [0.1, 0.15) is 11.6 Å². The Hall–Kier alpha value is -1.64. The number of piperazine rings is 1. The molecule has 6 heteroatoms. The van der Waals surface area contributed by atoms with Crippen molar-refractivity contribution in [3.8, 4) is 6.07 Å². The van der Waals surface area contributed by atoms with Crippen LogP contribution in [0.2, 0.25) is 0 Å². The van der Waals surface area contributed by atoms with Gasteiger partial charge in [-0.1, -0.05) is 6.07 Å². The molecule has 1 aliphatic rings. The van der Waals surface area contributed by atoms with Crippen LogP contribution in [0.4, 0.5) is 0 Å². The quantitative estimate of drug-likeness (QED) is 0.775. The van der Waals surface area contributed by atoms with Crippen LogP contribution in [0.15, 0.2) is 24.5 Å². The lowest BCUT2D eigenvalue weighted by Gasteiger charge is -2.36. The molecule has 1 amide bonds. The number of hydrogen-bond acceptors (Lipinski definition) is 4. The zero-order valence-electron chi connectivity index (χ0n) is 10.5. The van der Waals surface area contributed by atoms with E-state index >= 15 is 0 Å². The second-order valence-corrected chi connectivity index (χ2v) is 4.64. The van der Waals surface area contributed by atoms with Crippen LogP contribution in [-0.2, 0) is 4.79 Å². The minimum Gasteiger partial charge on any atom is -0.339 e. The van der Waals surface area contributed by atoms with E-state index in [0.717, 1.165) is 5.56 Å². The molecule has 1 saturated heterocycles. The Labute approximate surface area is 117 Å². The zero-order valence-corrected chi connectivity index (χ0v) is 11.3. The lowest BCUT2D eigenvalue weighted by atomic mass is 10.1. The van der Waals surface area contributed by atoms with Crippen molar-refractivity contribution in [3.63, 3.8) is 0 Å². The largest absolute Gasteiger partial charge is 0.339 e. The van der Waals surface area contributed by atoms with E-state index in [9.17, 15) is 10.1 Å². The molecule has 2 heterocycles. The molecule has 0 aromatic carbocycles. The second kappa shape index (κ2) is 6.50. The summed E-state index contributed by atoms with van der Waals surface area (Å²) in [6.45, 7) is 2.58. The van der Waals surface area contributed by atoms with Crippen molar-refractivity contribution < 1.29 is 4.79 Å². The number of nitrogens with zero attached hydrogens (tertiary/aromatic N) is 4.